The van der Waals surface area contributed by atoms with E-state index in [1.807, 2.05) is 30.3 Å². The number of carbonyl (C=O) groups excluding carboxylic acids is 1. The number of rotatable bonds is 8. The van der Waals surface area contributed by atoms with E-state index in [9.17, 15) is 9.59 Å². The lowest BCUT2D eigenvalue weighted by Gasteiger charge is -2.22. The van der Waals surface area contributed by atoms with Gasteiger partial charge in [-0.1, -0.05) is 61.4 Å². The van der Waals surface area contributed by atoms with Crippen LogP contribution in [0.3, 0.4) is 0 Å². The molecule has 0 unspecified atom stereocenters. The van der Waals surface area contributed by atoms with Gasteiger partial charge in [-0.3, -0.25) is 14.2 Å². The highest BCUT2D eigenvalue weighted by atomic mass is 32.2. The van der Waals surface area contributed by atoms with Gasteiger partial charge in [0.05, 0.1) is 18.1 Å². The first-order chi connectivity index (χ1) is 14.1. The van der Waals surface area contributed by atoms with E-state index in [1.165, 1.54) is 35.6 Å². The lowest BCUT2D eigenvalue weighted by atomic mass is 9.95. The fourth-order valence-electron chi connectivity index (χ4n) is 3.68. The second-order valence-corrected chi connectivity index (χ2v) is 8.41. The number of carbonyl (C=O) groups is 1. The lowest BCUT2D eigenvalue weighted by molar-refractivity contribution is -0.119. The number of methoxy groups -OCH3 is 1. The van der Waals surface area contributed by atoms with Gasteiger partial charge >= 0.3 is 0 Å². The van der Waals surface area contributed by atoms with Crippen LogP contribution in [0, 0.1) is 0 Å². The molecule has 2 aromatic rings. The van der Waals surface area contributed by atoms with E-state index in [1.54, 1.807) is 14.2 Å². The van der Waals surface area contributed by atoms with E-state index >= 15 is 0 Å². The first-order valence-corrected chi connectivity index (χ1v) is 11.1. The molecule has 0 spiro atoms. The average Bonchev–Trinajstić information content (AvgIpc) is 2.74. The third kappa shape index (κ3) is 5.93. The van der Waals surface area contributed by atoms with Crippen LogP contribution in [0.15, 0.2) is 40.3 Å². The summed E-state index contributed by atoms with van der Waals surface area (Å²) in [6, 6.07) is 10.1. The topological polar surface area (TPSA) is 73.2 Å². The molecule has 1 N–H and O–H groups in total. The number of aromatic nitrogens is 2. The van der Waals surface area contributed by atoms with Gasteiger partial charge in [0.1, 0.15) is 0 Å². The summed E-state index contributed by atoms with van der Waals surface area (Å²) in [6.45, 7) is 0.264. The number of nitrogens with one attached hydrogen (secondary N) is 1. The van der Waals surface area contributed by atoms with Crippen molar-refractivity contribution in [2.24, 2.45) is 7.05 Å². The molecule has 29 heavy (non-hydrogen) atoms. The molecule has 1 aliphatic carbocycles. The zero-order valence-electron chi connectivity index (χ0n) is 17.1. The number of thioether (sulfide) groups is 1. The van der Waals surface area contributed by atoms with Gasteiger partial charge in [-0.05, 0) is 18.4 Å². The van der Waals surface area contributed by atoms with Crippen molar-refractivity contribution >= 4 is 17.7 Å². The van der Waals surface area contributed by atoms with Gasteiger partial charge in [-0.2, -0.15) is 0 Å². The van der Waals surface area contributed by atoms with Gasteiger partial charge in [-0.15, -0.1) is 0 Å². The number of hydrogen-bond donors (Lipinski definition) is 1. The summed E-state index contributed by atoms with van der Waals surface area (Å²) in [5, 5.41) is 3.65. The highest BCUT2D eigenvalue weighted by molar-refractivity contribution is 7.99. The minimum atomic E-state index is -0.0916. The Morgan fingerprint density at radius 2 is 1.97 bits per heavy atom. The number of benzene rings is 1. The minimum Gasteiger partial charge on any atom is -0.378 e. The molecular formula is C22H29N3O3S. The van der Waals surface area contributed by atoms with Crippen LogP contribution < -0.4 is 10.9 Å². The van der Waals surface area contributed by atoms with Crippen molar-refractivity contribution in [3.63, 3.8) is 0 Å². The molecule has 1 aliphatic rings. The summed E-state index contributed by atoms with van der Waals surface area (Å²) in [6.07, 6.45) is 6.23. The molecule has 1 aromatic carbocycles. The van der Waals surface area contributed by atoms with Crippen LogP contribution in [0.5, 0.6) is 0 Å². The first kappa shape index (κ1) is 21.6. The van der Waals surface area contributed by atoms with E-state index in [0.29, 0.717) is 22.8 Å². The standard InChI is InChI=1S/C22H29N3O3S/c1-25-21(27)18(13-16-9-5-3-6-10-16)19(14-28-2)24-22(25)29-15-20(26)23-17-11-7-4-8-12-17/h3,5-6,9-10,17H,4,7-8,11-15H2,1-2H3,(H,23,26). The van der Waals surface area contributed by atoms with Gasteiger partial charge in [0, 0.05) is 32.2 Å². The van der Waals surface area contributed by atoms with Gasteiger partial charge in [0.25, 0.3) is 5.56 Å². The van der Waals surface area contributed by atoms with Gasteiger partial charge in [-0.25, -0.2) is 4.98 Å². The summed E-state index contributed by atoms with van der Waals surface area (Å²) in [5.74, 6) is 0.249. The smallest absolute Gasteiger partial charge is 0.257 e. The van der Waals surface area contributed by atoms with Crippen LogP contribution in [-0.4, -0.2) is 34.4 Å². The van der Waals surface area contributed by atoms with Crippen molar-refractivity contribution in [3.05, 3.63) is 57.5 Å². The Kier molecular flexibility index (Phi) is 7.89. The summed E-state index contributed by atoms with van der Waals surface area (Å²) in [7, 11) is 3.30. The average molecular weight is 416 g/mol. The van der Waals surface area contributed by atoms with Crippen molar-refractivity contribution in [2.45, 2.75) is 56.3 Å². The predicted octanol–water partition coefficient (Wildman–Crippen LogP) is 3.06. The van der Waals surface area contributed by atoms with Crippen LogP contribution in [-0.2, 0) is 29.6 Å². The molecule has 0 saturated heterocycles. The molecule has 1 aromatic heterocycles. The third-order valence-electron chi connectivity index (χ3n) is 5.24. The third-order valence-corrected chi connectivity index (χ3v) is 6.27. The van der Waals surface area contributed by atoms with E-state index in [2.05, 4.69) is 10.3 Å². The Labute approximate surface area is 176 Å². The molecule has 1 fully saturated rings. The van der Waals surface area contributed by atoms with Gasteiger partial charge in [0.15, 0.2) is 5.16 Å². The highest BCUT2D eigenvalue weighted by Gasteiger charge is 2.18. The van der Waals surface area contributed by atoms with E-state index < -0.39 is 0 Å². The maximum Gasteiger partial charge on any atom is 0.257 e. The lowest BCUT2D eigenvalue weighted by Crippen LogP contribution is -2.37. The molecule has 0 radical (unpaired) electrons. The van der Waals surface area contributed by atoms with Crippen LogP contribution in [0.1, 0.15) is 48.9 Å². The van der Waals surface area contributed by atoms with Crippen LogP contribution in [0.25, 0.3) is 0 Å². The summed E-state index contributed by atoms with van der Waals surface area (Å²) < 4.78 is 6.82. The Morgan fingerprint density at radius 1 is 1.24 bits per heavy atom. The van der Waals surface area contributed by atoms with E-state index in [-0.39, 0.29) is 29.9 Å². The molecular weight excluding hydrogens is 386 g/mol. The Morgan fingerprint density at radius 3 is 2.66 bits per heavy atom. The summed E-state index contributed by atoms with van der Waals surface area (Å²) >= 11 is 1.30. The number of hydrogen-bond acceptors (Lipinski definition) is 5. The molecule has 7 heteroatoms. The highest BCUT2D eigenvalue weighted by Crippen LogP contribution is 2.20. The SMILES string of the molecule is COCc1nc(SCC(=O)NC2CCCCC2)n(C)c(=O)c1Cc1ccccc1. The maximum absolute atomic E-state index is 13.0. The monoisotopic (exact) mass is 415 g/mol. The van der Waals surface area contributed by atoms with Crippen molar-refractivity contribution in [1.29, 1.82) is 0 Å². The zero-order valence-corrected chi connectivity index (χ0v) is 18.0. The summed E-state index contributed by atoms with van der Waals surface area (Å²) in [4.78, 5) is 30.0. The van der Waals surface area contributed by atoms with E-state index in [0.717, 1.165) is 18.4 Å². The van der Waals surface area contributed by atoms with Gasteiger partial charge in [0.2, 0.25) is 5.91 Å². The van der Waals surface area contributed by atoms with Crippen molar-refractivity contribution in [1.82, 2.24) is 14.9 Å². The molecule has 0 bridgehead atoms. The second-order valence-electron chi connectivity index (χ2n) is 7.47. The number of amides is 1. The van der Waals surface area contributed by atoms with Crippen LogP contribution in [0.2, 0.25) is 0 Å². The molecule has 6 nitrogen and oxygen atoms in total. The minimum absolute atomic E-state index is 0.00203. The Balaban J connectivity index is 1.73. The fraction of sp³-hybridized carbons (Fsp3) is 0.500. The largest absolute Gasteiger partial charge is 0.378 e. The molecule has 1 saturated carbocycles. The molecule has 156 valence electrons. The molecule has 1 amide bonds. The normalized spacial score (nSPS) is 14.7. The molecule has 1 heterocycles. The quantitative estimate of drug-likeness (QED) is 0.530. The predicted molar refractivity (Wildman–Crippen MR) is 115 cm³/mol. The second kappa shape index (κ2) is 10.6. The maximum atomic E-state index is 13.0. The zero-order chi connectivity index (χ0) is 20.6. The van der Waals surface area contributed by atoms with Crippen LogP contribution >= 0.6 is 11.8 Å². The Bertz CT molecular complexity index is 877. The van der Waals surface area contributed by atoms with E-state index in [4.69, 9.17) is 4.74 Å². The number of nitrogens with zero attached hydrogens (tertiary/aromatic N) is 2. The van der Waals surface area contributed by atoms with Gasteiger partial charge < -0.3 is 10.1 Å². The van der Waals surface area contributed by atoms with Crippen molar-refractivity contribution in [3.8, 4) is 0 Å². The fourth-order valence-corrected chi connectivity index (χ4v) is 4.47. The summed E-state index contributed by atoms with van der Waals surface area (Å²) in [5.41, 5.74) is 2.23. The van der Waals surface area contributed by atoms with Crippen molar-refractivity contribution < 1.29 is 9.53 Å². The van der Waals surface area contributed by atoms with Crippen LogP contribution in [0.4, 0.5) is 0 Å². The Hall–Kier alpha value is -2.12. The van der Waals surface area contributed by atoms with Crippen molar-refractivity contribution in [2.75, 3.05) is 12.9 Å². The molecule has 3 rings (SSSR count). The first-order valence-electron chi connectivity index (χ1n) is 10.1. The molecule has 0 aliphatic heterocycles. The number of ether oxygens (including phenoxy) is 1. The molecule has 0 atom stereocenters.